The summed E-state index contributed by atoms with van der Waals surface area (Å²) in [7, 11) is -2.93. The zero-order chi connectivity index (χ0) is 21.0. The predicted octanol–water partition coefficient (Wildman–Crippen LogP) is 3.48. The van der Waals surface area contributed by atoms with Crippen LogP contribution in [0.1, 0.15) is 21.5 Å². The third kappa shape index (κ3) is 4.59. The van der Waals surface area contributed by atoms with Gasteiger partial charge in [-0.2, -0.15) is 13.7 Å². The maximum absolute atomic E-state index is 12.6. The zero-order valence-electron chi connectivity index (χ0n) is 15.6. The molecule has 0 saturated carbocycles. The highest BCUT2D eigenvalue weighted by Crippen LogP contribution is 2.25. The maximum Gasteiger partial charge on any atom is 0.340 e. The second kappa shape index (κ2) is 8.12. The van der Waals surface area contributed by atoms with Crippen LogP contribution >= 0.6 is 0 Å². The van der Waals surface area contributed by atoms with Crippen LogP contribution in [0.3, 0.4) is 0 Å². The summed E-state index contributed by atoms with van der Waals surface area (Å²) in [4.78, 5) is 16.2. The van der Waals surface area contributed by atoms with Gasteiger partial charge < -0.3 is 8.92 Å². The van der Waals surface area contributed by atoms with Gasteiger partial charge in [0.15, 0.2) is 0 Å². The number of hydrogen-bond acceptors (Lipinski definition) is 7. The van der Waals surface area contributed by atoms with Crippen LogP contribution in [0.2, 0.25) is 0 Å². The zero-order valence-corrected chi connectivity index (χ0v) is 16.4. The second-order valence-electron chi connectivity index (χ2n) is 6.11. The van der Waals surface area contributed by atoms with Gasteiger partial charge in [-0.05, 0) is 37.3 Å². The first-order chi connectivity index (χ1) is 13.8. The molecule has 0 N–H and O–H groups in total. The molecule has 0 atom stereocenters. The molecule has 0 unspecified atom stereocenters. The van der Waals surface area contributed by atoms with Gasteiger partial charge in [0.1, 0.15) is 4.90 Å². The van der Waals surface area contributed by atoms with Crippen molar-refractivity contribution in [3.8, 4) is 23.2 Å². The minimum Gasteiger partial charge on any atom is -0.465 e. The van der Waals surface area contributed by atoms with Crippen molar-refractivity contribution in [1.29, 1.82) is 5.26 Å². The van der Waals surface area contributed by atoms with Gasteiger partial charge in [0.25, 0.3) is 0 Å². The summed E-state index contributed by atoms with van der Waals surface area (Å²) in [5.74, 6) is -0.937. The summed E-state index contributed by atoms with van der Waals surface area (Å²) in [6, 6.07) is 17.3. The van der Waals surface area contributed by atoms with Crippen molar-refractivity contribution in [3.05, 3.63) is 77.4 Å². The van der Waals surface area contributed by atoms with E-state index in [0.717, 1.165) is 5.56 Å². The largest absolute Gasteiger partial charge is 0.465 e. The van der Waals surface area contributed by atoms with Gasteiger partial charge in [-0.25, -0.2) is 9.78 Å². The maximum atomic E-state index is 12.6. The van der Waals surface area contributed by atoms with Gasteiger partial charge in [-0.1, -0.05) is 29.8 Å². The molecule has 3 aromatic rings. The number of nitriles is 1. The number of ether oxygens (including phenoxy) is 1. The van der Waals surface area contributed by atoms with Gasteiger partial charge in [-0.15, -0.1) is 0 Å². The molecule has 0 fully saturated rings. The summed E-state index contributed by atoms with van der Waals surface area (Å²) in [5.41, 5.74) is 2.31. The Morgan fingerprint density at radius 2 is 1.69 bits per heavy atom. The van der Waals surface area contributed by atoms with E-state index in [0.29, 0.717) is 16.8 Å². The second-order valence-corrected chi connectivity index (χ2v) is 7.66. The fourth-order valence-corrected chi connectivity index (χ4v) is 3.39. The van der Waals surface area contributed by atoms with Crippen molar-refractivity contribution >= 4 is 16.1 Å². The average Bonchev–Trinajstić information content (AvgIpc) is 2.73. The number of pyridine rings is 1. The van der Waals surface area contributed by atoms with Gasteiger partial charge >= 0.3 is 16.1 Å². The number of carbonyl (C=O) groups excluding carboxylic acids is 1. The van der Waals surface area contributed by atoms with Crippen molar-refractivity contribution in [2.75, 3.05) is 7.11 Å². The molecule has 1 heterocycles. The van der Waals surface area contributed by atoms with Crippen LogP contribution in [0.25, 0.3) is 11.3 Å². The number of methoxy groups -OCH3 is 1. The molecule has 0 aliphatic heterocycles. The lowest BCUT2D eigenvalue weighted by atomic mass is 10.1. The normalized spacial score (nSPS) is 10.8. The van der Waals surface area contributed by atoms with Crippen molar-refractivity contribution in [3.63, 3.8) is 0 Å². The van der Waals surface area contributed by atoms with Gasteiger partial charge in [0, 0.05) is 11.6 Å². The molecule has 2 aromatic carbocycles. The smallest absolute Gasteiger partial charge is 0.340 e. The molecule has 8 heteroatoms. The Bertz CT molecular complexity index is 1200. The Balaban J connectivity index is 2.04. The molecular formula is C21H16N2O5S. The number of aryl methyl sites for hydroxylation is 1. The monoisotopic (exact) mass is 408 g/mol. The molecule has 0 amide bonds. The Hall–Kier alpha value is -3.70. The molecule has 0 aliphatic carbocycles. The summed E-state index contributed by atoms with van der Waals surface area (Å²) in [6.45, 7) is 1.84. The van der Waals surface area contributed by atoms with Crippen molar-refractivity contribution in [2.24, 2.45) is 0 Å². The van der Waals surface area contributed by atoms with Gasteiger partial charge in [0.05, 0.1) is 30.0 Å². The number of nitrogens with zero attached hydrogens (tertiary/aromatic N) is 2. The SMILES string of the molecule is COC(=O)c1cc(OS(=O)(=O)c2ccc(C)cc2)nc(-c2ccc(C#N)cc2)c1. The summed E-state index contributed by atoms with van der Waals surface area (Å²) >= 11 is 0. The fourth-order valence-electron chi connectivity index (χ4n) is 2.51. The van der Waals surface area contributed by atoms with E-state index in [9.17, 15) is 13.2 Å². The van der Waals surface area contributed by atoms with Crippen LogP contribution in [0, 0.1) is 18.3 Å². The standard InChI is InChI=1S/C21H16N2O5S/c1-14-3-9-18(10-4-14)29(25,26)28-20-12-17(21(24)27-2)11-19(23-20)16-7-5-15(13-22)6-8-16/h3-12H,1-2H3. The average molecular weight is 408 g/mol. The molecule has 0 spiro atoms. The number of benzene rings is 2. The van der Waals surface area contributed by atoms with Gasteiger partial charge in [0.2, 0.25) is 5.88 Å². The van der Waals surface area contributed by atoms with Crippen molar-refractivity contribution < 1.29 is 22.1 Å². The van der Waals surface area contributed by atoms with Crippen molar-refractivity contribution in [2.45, 2.75) is 11.8 Å². The Labute approximate surface area is 168 Å². The predicted molar refractivity (Wildman–Crippen MR) is 105 cm³/mol. The van der Waals surface area contributed by atoms with Crippen molar-refractivity contribution in [1.82, 2.24) is 4.98 Å². The third-order valence-corrected chi connectivity index (χ3v) is 5.28. The molecule has 7 nitrogen and oxygen atoms in total. The first-order valence-corrected chi connectivity index (χ1v) is 9.85. The highest BCUT2D eigenvalue weighted by Gasteiger charge is 2.20. The van der Waals surface area contributed by atoms with E-state index in [-0.39, 0.29) is 16.3 Å². The Morgan fingerprint density at radius 1 is 1.03 bits per heavy atom. The van der Waals surface area contributed by atoms with E-state index < -0.39 is 16.1 Å². The Kier molecular flexibility index (Phi) is 5.61. The highest BCUT2D eigenvalue weighted by molar-refractivity contribution is 7.87. The molecule has 1 aromatic heterocycles. The highest BCUT2D eigenvalue weighted by atomic mass is 32.2. The van der Waals surface area contributed by atoms with E-state index in [4.69, 9.17) is 14.2 Å². The number of aromatic nitrogens is 1. The van der Waals surface area contributed by atoms with E-state index in [1.807, 2.05) is 13.0 Å². The number of esters is 1. The molecule has 0 bridgehead atoms. The lowest BCUT2D eigenvalue weighted by Gasteiger charge is -2.10. The minimum atomic E-state index is -4.15. The summed E-state index contributed by atoms with van der Waals surface area (Å²) in [5, 5.41) is 8.93. The minimum absolute atomic E-state index is 0.0340. The molecule has 0 aliphatic rings. The lowest BCUT2D eigenvalue weighted by molar-refractivity contribution is 0.0600. The lowest BCUT2D eigenvalue weighted by Crippen LogP contribution is -2.12. The van der Waals surface area contributed by atoms with Crippen LogP contribution < -0.4 is 4.18 Å². The van der Waals surface area contributed by atoms with Crippen LogP contribution in [-0.2, 0) is 14.9 Å². The number of carbonyl (C=O) groups is 1. The summed E-state index contributed by atoms with van der Waals surface area (Å²) < 4.78 is 35.1. The van der Waals surface area contributed by atoms with Crippen LogP contribution in [-0.4, -0.2) is 26.5 Å². The topological polar surface area (TPSA) is 106 Å². The third-order valence-electron chi connectivity index (χ3n) is 4.04. The number of hydrogen-bond donors (Lipinski definition) is 0. The summed E-state index contributed by atoms with van der Waals surface area (Å²) in [6.07, 6.45) is 0. The van der Waals surface area contributed by atoms with E-state index >= 15 is 0 Å². The molecule has 146 valence electrons. The molecule has 0 saturated heterocycles. The number of rotatable bonds is 5. The van der Waals surface area contributed by atoms with E-state index in [1.165, 1.54) is 31.4 Å². The Morgan fingerprint density at radius 3 is 2.28 bits per heavy atom. The van der Waals surface area contributed by atoms with E-state index in [2.05, 4.69) is 4.98 Å². The fraction of sp³-hybridized carbons (Fsp3) is 0.0952. The van der Waals surface area contributed by atoms with Gasteiger partial charge in [-0.3, -0.25) is 0 Å². The molecule has 3 rings (SSSR count). The van der Waals surface area contributed by atoms with Crippen LogP contribution in [0.4, 0.5) is 0 Å². The van der Waals surface area contributed by atoms with Crippen LogP contribution in [0.5, 0.6) is 5.88 Å². The van der Waals surface area contributed by atoms with E-state index in [1.54, 1.807) is 36.4 Å². The van der Waals surface area contributed by atoms with Crippen LogP contribution in [0.15, 0.2) is 65.6 Å². The first kappa shape index (κ1) is 20.0. The first-order valence-electron chi connectivity index (χ1n) is 8.44. The molecule has 29 heavy (non-hydrogen) atoms. The molecular weight excluding hydrogens is 392 g/mol. The quantitative estimate of drug-likeness (QED) is 0.470. The molecule has 0 radical (unpaired) electrons.